The second-order valence-electron chi connectivity index (χ2n) is 4.61. The first kappa shape index (κ1) is 13.0. The van der Waals surface area contributed by atoms with E-state index in [2.05, 4.69) is 5.32 Å². The van der Waals surface area contributed by atoms with Crippen LogP contribution in [-0.2, 0) is 9.59 Å². The van der Waals surface area contributed by atoms with Crippen LogP contribution in [0.2, 0.25) is 0 Å². The molecule has 1 aliphatic rings. The topological polar surface area (TPSA) is 49.4 Å². The Morgan fingerprint density at radius 3 is 2.75 bits per heavy atom. The number of amides is 2. The monoisotopic (exact) mass is 244 g/mol. The lowest BCUT2D eigenvalue weighted by Crippen LogP contribution is -2.53. The normalized spacial score (nSPS) is 21.8. The van der Waals surface area contributed by atoms with E-state index in [1.165, 1.54) is 5.54 Å². The summed E-state index contributed by atoms with van der Waals surface area (Å²) in [5, 5.41) is 2.71. The number of carbonyl (C=O) groups excluding carboxylic acids is 2. The van der Waals surface area contributed by atoms with Crippen LogP contribution in [0.4, 0.5) is 0 Å². The zero-order valence-corrected chi connectivity index (χ0v) is 10.6. The third kappa shape index (κ3) is 2.98. The van der Waals surface area contributed by atoms with E-state index >= 15 is 0 Å². The van der Waals surface area contributed by atoms with Crippen LogP contribution in [0, 0.1) is 0 Å². The molecule has 1 N–H and O–H groups in total. The van der Waals surface area contributed by atoms with Crippen LogP contribution in [0.25, 0.3) is 0 Å². The molecule has 0 aromatic rings. The molecule has 2 amide bonds. The molecule has 1 saturated heterocycles. The van der Waals surface area contributed by atoms with E-state index in [4.69, 9.17) is 11.6 Å². The van der Waals surface area contributed by atoms with Crippen molar-refractivity contribution in [1.29, 1.82) is 0 Å². The van der Waals surface area contributed by atoms with E-state index in [-0.39, 0.29) is 11.8 Å². The van der Waals surface area contributed by atoms with Gasteiger partial charge in [0.15, 0.2) is 0 Å². The lowest BCUT2D eigenvalue weighted by Gasteiger charge is -2.28. The molecule has 4 nitrogen and oxygen atoms in total. The highest BCUT2D eigenvalue weighted by atomic mass is 35.5. The first-order valence-electron chi connectivity index (χ1n) is 5.23. The van der Waals surface area contributed by atoms with Crippen LogP contribution in [0.3, 0.4) is 0 Å². The van der Waals surface area contributed by atoms with Crippen LogP contribution < -0.4 is 5.32 Å². The molecule has 0 aliphatic carbocycles. The van der Waals surface area contributed by atoms with Gasteiger partial charge in [-0.3, -0.25) is 9.59 Å². The van der Waals surface area contributed by atoms with Gasteiger partial charge in [-0.2, -0.15) is 0 Å². The molecule has 1 heterocycles. The van der Waals surface area contributed by atoms with Crippen LogP contribution in [-0.4, -0.2) is 35.3 Å². The molecule has 1 fully saturated rings. The molecule has 5 heteroatoms. The van der Waals surface area contributed by atoms with Crippen molar-refractivity contribution in [2.45, 2.75) is 32.7 Å². The van der Waals surface area contributed by atoms with Gasteiger partial charge in [0.2, 0.25) is 11.8 Å². The standard InChI is InChI=1S/C11H17ClN2O2/c1-8(6-12)7-14-5-4-9(15)13-11(2,3)10(14)16/h6H,4-5,7H2,1-3H3,(H,13,15). The molecule has 0 bridgehead atoms. The minimum absolute atomic E-state index is 0.0729. The SMILES string of the molecule is CC(=CCl)CN1CCC(=O)NC(C)(C)C1=O. The number of nitrogens with zero attached hydrogens (tertiary/aromatic N) is 1. The van der Waals surface area contributed by atoms with Crippen molar-refractivity contribution in [3.63, 3.8) is 0 Å². The fourth-order valence-corrected chi connectivity index (χ4v) is 1.75. The summed E-state index contributed by atoms with van der Waals surface area (Å²) in [6.07, 6.45) is 0.338. The molecular weight excluding hydrogens is 228 g/mol. The highest BCUT2D eigenvalue weighted by Gasteiger charge is 2.36. The molecule has 0 radical (unpaired) electrons. The van der Waals surface area contributed by atoms with E-state index in [0.29, 0.717) is 19.5 Å². The highest BCUT2D eigenvalue weighted by molar-refractivity contribution is 6.25. The lowest BCUT2D eigenvalue weighted by atomic mass is 10.0. The molecule has 0 unspecified atom stereocenters. The van der Waals surface area contributed by atoms with E-state index in [1.807, 2.05) is 6.92 Å². The fraction of sp³-hybridized carbons (Fsp3) is 0.636. The zero-order chi connectivity index (χ0) is 12.3. The number of hydrogen-bond acceptors (Lipinski definition) is 2. The largest absolute Gasteiger partial charge is 0.342 e. The summed E-state index contributed by atoms with van der Waals surface area (Å²) in [6.45, 7) is 6.20. The number of nitrogens with one attached hydrogen (secondary N) is 1. The van der Waals surface area contributed by atoms with Crippen molar-refractivity contribution >= 4 is 23.4 Å². The number of carbonyl (C=O) groups is 2. The van der Waals surface area contributed by atoms with Gasteiger partial charge in [0.25, 0.3) is 0 Å². The molecule has 1 aliphatic heterocycles. The van der Waals surface area contributed by atoms with Crippen LogP contribution in [0.1, 0.15) is 27.2 Å². The molecule has 0 aromatic heterocycles. The summed E-state index contributed by atoms with van der Waals surface area (Å²) in [4.78, 5) is 25.2. The molecule has 16 heavy (non-hydrogen) atoms. The van der Waals surface area contributed by atoms with Crippen molar-refractivity contribution < 1.29 is 9.59 Å². The average Bonchev–Trinajstić information content (AvgIpc) is 2.29. The number of halogens is 1. The average molecular weight is 245 g/mol. The summed E-state index contributed by atoms with van der Waals surface area (Å²) in [5.41, 5.74) is 1.53. The summed E-state index contributed by atoms with van der Waals surface area (Å²) >= 11 is 5.58. The molecule has 1 rings (SSSR count). The van der Waals surface area contributed by atoms with Crippen molar-refractivity contribution in [3.8, 4) is 0 Å². The number of rotatable bonds is 2. The van der Waals surface area contributed by atoms with Crippen molar-refractivity contribution in [3.05, 3.63) is 11.1 Å². The van der Waals surface area contributed by atoms with Crippen LogP contribution >= 0.6 is 11.6 Å². The fourth-order valence-electron chi connectivity index (χ4n) is 1.68. The third-order valence-corrected chi connectivity index (χ3v) is 2.88. The quantitative estimate of drug-likeness (QED) is 0.795. The maximum absolute atomic E-state index is 12.1. The Hall–Kier alpha value is -1.03. The van der Waals surface area contributed by atoms with Crippen LogP contribution in [0.5, 0.6) is 0 Å². The smallest absolute Gasteiger partial charge is 0.248 e. The predicted octanol–water partition coefficient (Wildman–Crippen LogP) is 1.26. The third-order valence-electron chi connectivity index (χ3n) is 2.51. The summed E-state index contributed by atoms with van der Waals surface area (Å²) in [5.74, 6) is -0.162. The molecule has 0 atom stereocenters. The van der Waals surface area contributed by atoms with Gasteiger partial charge in [0, 0.05) is 25.0 Å². The van der Waals surface area contributed by atoms with E-state index in [1.54, 1.807) is 18.7 Å². The Kier molecular flexibility index (Phi) is 3.97. The Labute approximate surface area is 101 Å². The number of hydrogen-bond donors (Lipinski definition) is 1. The molecular formula is C11H17ClN2O2. The van der Waals surface area contributed by atoms with Gasteiger partial charge in [-0.15, -0.1) is 0 Å². The van der Waals surface area contributed by atoms with E-state index in [9.17, 15) is 9.59 Å². The van der Waals surface area contributed by atoms with Gasteiger partial charge in [-0.1, -0.05) is 11.6 Å². The van der Waals surface area contributed by atoms with Gasteiger partial charge in [-0.25, -0.2) is 0 Å². The molecule has 90 valence electrons. The molecule has 0 spiro atoms. The van der Waals surface area contributed by atoms with Crippen molar-refractivity contribution in [2.75, 3.05) is 13.1 Å². The zero-order valence-electron chi connectivity index (χ0n) is 9.84. The Morgan fingerprint density at radius 2 is 2.19 bits per heavy atom. The van der Waals surface area contributed by atoms with Crippen molar-refractivity contribution in [1.82, 2.24) is 10.2 Å². The minimum atomic E-state index is -0.833. The van der Waals surface area contributed by atoms with Gasteiger partial charge >= 0.3 is 0 Å². The lowest BCUT2D eigenvalue weighted by molar-refractivity contribution is -0.136. The predicted molar refractivity (Wildman–Crippen MR) is 63.0 cm³/mol. The second-order valence-corrected chi connectivity index (χ2v) is 4.82. The maximum Gasteiger partial charge on any atom is 0.248 e. The minimum Gasteiger partial charge on any atom is -0.342 e. The van der Waals surface area contributed by atoms with Gasteiger partial charge in [0.05, 0.1) is 0 Å². The highest BCUT2D eigenvalue weighted by Crippen LogP contribution is 2.14. The molecule has 0 saturated carbocycles. The van der Waals surface area contributed by atoms with Crippen LogP contribution in [0.15, 0.2) is 11.1 Å². The summed E-state index contributed by atoms with van der Waals surface area (Å²) in [7, 11) is 0. The summed E-state index contributed by atoms with van der Waals surface area (Å²) in [6, 6.07) is 0. The Morgan fingerprint density at radius 1 is 1.56 bits per heavy atom. The molecule has 0 aromatic carbocycles. The van der Waals surface area contributed by atoms with Gasteiger partial charge in [-0.05, 0) is 26.3 Å². The Balaban J connectivity index is 2.85. The maximum atomic E-state index is 12.1. The Bertz CT molecular complexity index is 337. The second kappa shape index (κ2) is 4.87. The van der Waals surface area contributed by atoms with E-state index < -0.39 is 5.54 Å². The summed E-state index contributed by atoms with van der Waals surface area (Å²) < 4.78 is 0. The van der Waals surface area contributed by atoms with Gasteiger partial charge < -0.3 is 10.2 Å². The van der Waals surface area contributed by atoms with Crippen molar-refractivity contribution in [2.24, 2.45) is 0 Å². The first-order valence-corrected chi connectivity index (χ1v) is 5.66. The first-order chi connectivity index (χ1) is 7.36. The van der Waals surface area contributed by atoms with E-state index in [0.717, 1.165) is 5.57 Å². The van der Waals surface area contributed by atoms with Gasteiger partial charge in [0.1, 0.15) is 5.54 Å².